The number of rotatable bonds is 6. The first-order valence-electron chi connectivity index (χ1n) is 12.1. The number of fused-ring (bicyclic) bond motifs is 1. The molecule has 1 aliphatic rings. The van der Waals surface area contributed by atoms with Crippen molar-refractivity contribution in [2.75, 3.05) is 19.6 Å². The highest BCUT2D eigenvalue weighted by Gasteiger charge is 2.38. The summed E-state index contributed by atoms with van der Waals surface area (Å²) in [7, 11) is -2.16. The van der Waals surface area contributed by atoms with Crippen molar-refractivity contribution in [2.45, 2.75) is 44.3 Å². The molecule has 1 saturated heterocycles. The van der Waals surface area contributed by atoms with E-state index in [0.717, 1.165) is 34.1 Å². The second kappa shape index (κ2) is 9.38. The first-order valence-corrected chi connectivity index (χ1v) is 13.5. The van der Waals surface area contributed by atoms with Gasteiger partial charge in [0.25, 0.3) is 10.0 Å². The molecule has 0 bridgehead atoms. The van der Waals surface area contributed by atoms with Gasteiger partial charge in [0.15, 0.2) is 0 Å². The van der Waals surface area contributed by atoms with Gasteiger partial charge >= 0.3 is 0 Å². The Morgan fingerprint density at radius 3 is 2.53 bits per heavy atom. The van der Waals surface area contributed by atoms with E-state index in [4.69, 9.17) is 0 Å². The molecule has 3 heterocycles. The Labute approximate surface area is 210 Å². The normalized spacial score (nSPS) is 18.6. The minimum atomic E-state index is -3.76. The van der Waals surface area contributed by atoms with Crippen LogP contribution in [0.25, 0.3) is 16.6 Å². The smallest absolute Gasteiger partial charge is 0.264 e. The van der Waals surface area contributed by atoms with Crippen LogP contribution in [0.15, 0.2) is 53.8 Å². The maximum Gasteiger partial charge on any atom is 0.264 e. The molecule has 0 saturated carbocycles. The fourth-order valence-electron chi connectivity index (χ4n) is 4.95. The summed E-state index contributed by atoms with van der Waals surface area (Å²) in [5.41, 5.74) is 3.81. The molecule has 2 aromatic heterocycles. The van der Waals surface area contributed by atoms with Crippen LogP contribution in [-0.2, 0) is 17.1 Å². The molecule has 0 aliphatic carbocycles. The number of halogens is 1. The predicted octanol–water partition coefficient (Wildman–Crippen LogP) is 3.45. The van der Waals surface area contributed by atoms with Gasteiger partial charge in [0.1, 0.15) is 5.82 Å². The molecular weight excluding hydrogens is 481 g/mol. The van der Waals surface area contributed by atoms with Crippen LogP contribution >= 0.6 is 0 Å². The average Bonchev–Trinajstić information content (AvgIpc) is 3.49. The van der Waals surface area contributed by atoms with E-state index in [1.165, 1.54) is 27.4 Å². The quantitative estimate of drug-likeness (QED) is 0.394. The number of nitrogens with zero attached hydrogens (tertiary/aromatic N) is 7. The maximum atomic E-state index is 13.4. The summed E-state index contributed by atoms with van der Waals surface area (Å²) in [5.74, 6) is -0.294. The predicted molar refractivity (Wildman–Crippen MR) is 135 cm³/mol. The molecule has 0 amide bonds. The molecule has 190 valence electrons. The van der Waals surface area contributed by atoms with E-state index >= 15 is 0 Å². The first-order chi connectivity index (χ1) is 17.2. The van der Waals surface area contributed by atoms with E-state index < -0.39 is 10.0 Å². The van der Waals surface area contributed by atoms with Gasteiger partial charge in [0.05, 0.1) is 23.6 Å². The standard InChI is InChI=1S/C25H30FN7O2S/c1-5-18(3)32-11-10-31(36(34,35)25-15-27-30(4)29-25)16-24(32)22-13-19-14-28-33(23(19)12-17(22)2)21-8-6-20(26)7-9-21/h6-9,12-15,18,24H,5,10-11,16H2,1-4H3/t18-,24+/m0/s1. The summed E-state index contributed by atoms with van der Waals surface area (Å²) < 4.78 is 43.5. The SMILES string of the molecule is CC[C@H](C)N1CCN(S(=O)(=O)c2cnn(C)n2)C[C@@H]1c1cc2cnn(-c3ccc(F)cc3)c2cc1C. The van der Waals surface area contributed by atoms with Gasteiger partial charge in [0, 0.05) is 44.2 Å². The Morgan fingerprint density at radius 1 is 1.11 bits per heavy atom. The number of aromatic nitrogens is 5. The molecular formula is C25H30FN7O2S. The minimum Gasteiger partial charge on any atom is -0.291 e. The van der Waals surface area contributed by atoms with E-state index in [9.17, 15) is 12.8 Å². The van der Waals surface area contributed by atoms with Crippen LogP contribution in [0.4, 0.5) is 4.39 Å². The summed E-state index contributed by atoms with van der Waals surface area (Å²) in [6.45, 7) is 7.70. The monoisotopic (exact) mass is 511 g/mol. The molecule has 4 aromatic rings. The topological polar surface area (TPSA) is 89.2 Å². The van der Waals surface area contributed by atoms with E-state index in [0.29, 0.717) is 19.6 Å². The Bertz CT molecular complexity index is 1500. The van der Waals surface area contributed by atoms with Crippen molar-refractivity contribution in [2.24, 2.45) is 7.05 Å². The third kappa shape index (κ3) is 4.31. The molecule has 2 atom stereocenters. The van der Waals surface area contributed by atoms with Crippen molar-refractivity contribution in [3.05, 3.63) is 65.7 Å². The lowest BCUT2D eigenvalue weighted by atomic mass is 9.95. The zero-order valence-corrected chi connectivity index (χ0v) is 21.7. The van der Waals surface area contributed by atoms with Crippen LogP contribution in [0.1, 0.15) is 37.4 Å². The molecule has 0 spiro atoms. The van der Waals surface area contributed by atoms with Gasteiger partial charge in [-0.3, -0.25) is 4.90 Å². The largest absolute Gasteiger partial charge is 0.291 e. The van der Waals surface area contributed by atoms with Crippen molar-refractivity contribution < 1.29 is 12.8 Å². The van der Waals surface area contributed by atoms with Gasteiger partial charge in [-0.1, -0.05) is 6.92 Å². The van der Waals surface area contributed by atoms with Gasteiger partial charge in [-0.25, -0.2) is 17.5 Å². The molecule has 0 N–H and O–H groups in total. The third-order valence-corrected chi connectivity index (χ3v) is 8.84. The van der Waals surface area contributed by atoms with Crippen LogP contribution in [0.3, 0.4) is 0 Å². The van der Waals surface area contributed by atoms with Crippen molar-refractivity contribution in [1.82, 2.24) is 34.0 Å². The molecule has 1 fully saturated rings. The van der Waals surface area contributed by atoms with Crippen LogP contribution in [0, 0.1) is 12.7 Å². The Morgan fingerprint density at radius 2 is 1.86 bits per heavy atom. The lowest BCUT2D eigenvalue weighted by Crippen LogP contribution is -2.53. The van der Waals surface area contributed by atoms with Crippen LogP contribution < -0.4 is 0 Å². The second-order valence-electron chi connectivity index (χ2n) is 9.35. The lowest BCUT2D eigenvalue weighted by Gasteiger charge is -2.44. The fourth-order valence-corrected chi connectivity index (χ4v) is 6.28. The Balaban J connectivity index is 1.54. The summed E-state index contributed by atoms with van der Waals surface area (Å²) in [6, 6.07) is 10.6. The Kier molecular flexibility index (Phi) is 6.39. The number of piperazine rings is 1. The minimum absolute atomic E-state index is 0.0338. The average molecular weight is 512 g/mol. The van der Waals surface area contributed by atoms with E-state index in [1.807, 2.05) is 6.92 Å². The maximum absolute atomic E-state index is 13.4. The molecule has 9 nitrogen and oxygen atoms in total. The highest BCUT2D eigenvalue weighted by Crippen LogP contribution is 2.35. The highest BCUT2D eigenvalue weighted by molar-refractivity contribution is 7.89. The lowest BCUT2D eigenvalue weighted by molar-refractivity contribution is 0.0778. The molecule has 2 aromatic carbocycles. The highest BCUT2D eigenvalue weighted by atomic mass is 32.2. The van der Waals surface area contributed by atoms with Crippen LogP contribution in [0.5, 0.6) is 0 Å². The van der Waals surface area contributed by atoms with E-state index in [2.05, 4.69) is 46.2 Å². The van der Waals surface area contributed by atoms with Crippen molar-refractivity contribution in [3.8, 4) is 5.69 Å². The van der Waals surface area contributed by atoms with Crippen LogP contribution in [-0.4, -0.2) is 68.1 Å². The Hall–Kier alpha value is -3.15. The summed E-state index contributed by atoms with van der Waals surface area (Å²) in [5, 5.41) is 13.5. The first kappa shape index (κ1) is 24.5. The molecule has 1 aliphatic heterocycles. The summed E-state index contributed by atoms with van der Waals surface area (Å²) >= 11 is 0. The van der Waals surface area contributed by atoms with Gasteiger partial charge in [-0.15, -0.1) is 5.10 Å². The zero-order valence-electron chi connectivity index (χ0n) is 20.8. The van der Waals surface area contributed by atoms with Crippen molar-refractivity contribution in [3.63, 3.8) is 0 Å². The number of benzene rings is 2. The molecule has 5 rings (SSSR count). The number of hydrogen-bond acceptors (Lipinski definition) is 6. The molecule has 0 radical (unpaired) electrons. The number of aryl methyl sites for hydroxylation is 2. The second-order valence-corrected chi connectivity index (χ2v) is 11.2. The third-order valence-electron chi connectivity index (χ3n) is 7.11. The summed E-state index contributed by atoms with van der Waals surface area (Å²) in [6.07, 6.45) is 4.05. The number of sulfonamides is 1. The molecule has 11 heteroatoms. The van der Waals surface area contributed by atoms with Crippen molar-refractivity contribution in [1.29, 1.82) is 0 Å². The number of hydrogen-bond donors (Lipinski definition) is 0. The summed E-state index contributed by atoms with van der Waals surface area (Å²) in [4.78, 5) is 3.65. The van der Waals surface area contributed by atoms with E-state index in [1.54, 1.807) is 30.1 Å². The van der Waals surface area contributed by atoms with Gasteiger partial charge in [-0.05, 0) is 67.8 Å². The molecule has 36 heavy (non-hydrogen) atoms. The van der Waals surface area contributed by atoms with E-state index in [-0.39, 0.29) is 22.9 Å². The zero-order chi connectivity index (χ0) is 25.6. The van der Waals surface area contributed by atoms with Gasteiger partial charge in [0.2, 0.25) is 5.03 Å². The fraction of sp³-hybridized carbons (Fsp3) is 0.400. The van der Waals surface area contributed by atoms with Gasteiger partial charge < -0.3 is 0 Å². The van der Waals surface area contributed by atoms with Crippen LogP contribution in [0.2, 0.25) is 0 Å². The van der Waals surface area contributed by atoms with Gasteiger partial charge in [-0.2, -0.15) is 19.3 Å². The molecule has 0 unspecified atom stereocenters. The van der Waals surface area contributed by atoms with Crippen molar-refractivity contribution >= 4 is 20.9 Å².